The summed E-state index contributed by atoms with van der Waals surface area (Å²) in [6, 6.07) is 17.8. The van der Waals surface area contributed by atoms with E-state index in [0.717, 1.165) is 21.9 Å². The molecule has 1 heterocycles. The van der Waals surface area contributed by atoms with Crippen LogP contribution in [0.4, 0.5) is 0 Å². The molecule has 1 unspecified atom stereocenters. The van der Waals surface area contributed by atoms with E-state index in [9.17, 15) is 5.26 Å². The maximum absolute atomic E-state index is 9.83. The Labute approximate surface area is 168 Å². The summed E-state index contributed by atoms with van der Waals surface area (Å²) in [6.45, 7) is 0. The van der Waals surface area contributed by atoms with Gasteiger partial charge >= 0.3 is 0 Å². The van der Waals surface area contributed by atoms with E-state index >= 15 is 0 Å². The van der Waals surface area contributed by atoms with Crippen LogP contribution in [0, 0.1) is 11.3 Å². The van der Waals surface area contributed by atoms with Crippen molar-refractivity contribution >= 4 is 10.8 Å². The second-order valence-corrected chi connectivity index (χ2v) is 6.59. The molecule has 1 aliphatic rings. The third-order valence-electron chi connectivity index (χ3n) is 5.13. The standard InChI is InChI=1S/C23H20N2O4/c1-26-18-10-14(11-19(27-2)22(18)28-3)20-16-9-8-13-6-4-5-7-15(13)21(16)29-23(25)17(20)12-24/h4-11,20H,25H2,1-3H3. The number of allylic oxidation sites excluding steroid dienone is 1. The summed E-state index contributed by atoms with van der Waals surface area (Å²) in [5.74, 6) is 1.81. The monoisotopic (exact) mass is 388 g/mol. The average Bonchev–Trinajstić information content (AvgIpc) is 2.76. The number of hydrogen-bond donors (Lipinski definition) is 1. The molecular weight excluding hydrogens is 368 g/mol. The van der Waals surface area contributed by atoms with Gasteiger partial charge in [-0.2, -0.15) is 5.26 Å². The number of hydrogen-bond acceptors (Lipinski definition) is 6. The van der Waals surface area contributed by atoms with Crippen molar-refractivity contribution in [2.75, 3.05) is 21.3 Å². The fraction of sp³-hybridized carbons (Fsp3) is 0.174. The summed E-state index contributed by atoms with van der Waals surface area (Å²) in [5.41, 5.74) is 8.14. The van der Waals surface area contributed by atoms with E-state index in [1.165, 1.54) is 0 Å². The molecule has 0 spiro atoms. The summed E-state index contributed by atoms with van der Waals surface area (Å²) in [5, 5.41) is 11.8. The molecule has 0 bridgehead atoms. The second-order valence-electron chi connectivity index (χ2n) is 6.59. The maximum atomic E-state index is 9.83. The third kappa shape index (κ3) is 2.88. The predicted octanol–water partition coefficient (Wildman–Crippen LogP) is 4.08. The smallest absolute Gasteiger partial charge is 0.205 e. The zero-order valence-electron chi connectivity index (χ0n) is 16.4. The number of nitrogens with two attached hydrogens (primary N) is 1. The highest BCUT2D eigenvalue weighted by Crippen LogP contribution is 2.48. The molecule has 6 heteroatoms. The van der Waals surface area contributed by atoms with E-state index in [2.05, 4.69) is 6.07 Å². The van der Waals surface area contributed by atoms with Crippen LogP contribution in [-0.2, 0) is 0 Å². The van der Waals surface area contributed by atoms with Crippen molar-refractivity contribution in [1.29, 1.82) is 5.26 Å². The van der Waals surface area contributed by atoms with Gasteiger partial charge in [0, 0.05) is 10.9 Å². The van der Waals surface area contributed by atoms with Crippen molar-refractivity contribution in [3.8, 4) is 29.1 Å². The zero-order valence-corrected chi connectivity index (χ0v) is 16.4. The molecule has 3 aromatic carbocycles. The van der Waals surface area contributed by atoms with Crippen LogP contribution < -0.4 is 24.7 Å². The molecule has 0 radical (unpaired) electrons. The number of rotatable bonds is 4. The van der Waals surface area contributed by atoms with Gasteiger partial charge in [0.15, 0.2) is 11.5 Å². The Balaban J connectivity index is 2.01. The van der Waals surface area contributed by atoms with E-state index < -0.39 is 5.92 Å². The molecule has 0 saturated heterocycles. The van der Waals surface area contributed by atoms with Gasteiger partial charge in [-0.3, -0.25) is 0 Å². The molecule has 146 valence electrons. The Hall–Kier alpha value is -3.85. The maximum Gasteiger partial charge on any atom is 0.205 e. The minimum Gasteiger partial charge on any atom is -0.493 e. The summed E-state index contributed by atoms with van der Waals surface area (Å²) in [6.07, 6.45) is 0. The summed E-state index contributed by atoms with van der Waals surface area (Å²) in [7, 11) is 4.67. The van der Waals surface area contributed by atoms with E-state index in [-0.39, 0.29) is 5.88 Å². The lowest BCUT2D eigenvalue weighted by Gasteiger charge is -2.28. The van der Waals surface area contributed by atoms with Gasteiger partial charge in [-0.1, -0.05) is 36.4 Å². The molecule has 4 rings (SSSR count). The normalized spacial score (nSPS) is 15.3. The summed E-state index contributed by atoms with van der Waals surface area (Å²) >= 11 is 0. The molecule has 0 aromatic heterocycles. The predicted molar refractivity (Wildman–Crippen MR) is 109 cm³/mol. The molecule has 0 amide bonds. The molecule has 1 aliphatic heterocycles. The van der Waals surface area contributed by atoms with Crippen LogP contribution in [0.25, 0.3) is 10.8 Å². The molecule has 0 aliphatic carbocycles. The van der Waals surface area contributed by atoms with Crippen LogP contribution in [0.1, 0.15) is 17.0 Å². The molecule has 3 aromatic rings. The first kappa shape index (κ1) is 18.5. The highest BCUT2D eigenvalue weighted by atomic mass is 16.5. The van der Waals surface area contributed by atoms with E-state index in [0.29, 0.717) is 28.6 Å². The van der Waals surface area contributed by atoms with Crippen LogP contribution in [0.5, 0.6) is 23.0 Å². The first-order valence-electron chi connectivity index (χ1n) is 9.02. The summed E-state index contributed by atoms with van der Waals surface area (Å²) in [4.78, 5) is 0. The first-order valence-corrected chi connectivity index (χ1v) is 9.02. The van der Waals surface area contributed by atoms with Crippen molar-refractivity contribution in [2.24, 2.45) is 5.73 Å². The van der Waals surface area contributed by atoms with E-state index in [1.54, 1.807) is 21.3 Å². The van der Waals surface area contributed by atoms with Gasteiger partial charge < -0.3 is 24.7 Å². The lowest BCUT2D eigenvalue weighted by molar-refractivity contribution is 0.323. The van der Waals surface area contributed by atoms with Gasteiger partial charge in [-0.25, -0.2) is 0 Å². The quantitative estimate of drug-likeness (QED) is 0.725. The molecular formula is C23H20N2O4. The van der Waals surface area contributed by atoms with Crippen LogP contribution in [0.3, 0.4) is 0 Å². The van der Waals surface area contributed by atoms with Crippen molar-refractivity contribution in [3.63, 3.8) is 0 Å². The Morgan fingerprint density at radius 1 is 0.966 bits per heavy atom. The van der Waals surface area contributed by atoms with Gasteiger partial charge in [-0.15, -0.1) is 0 Å². The van der Waals surface area contributed by atoms with Crippen LogP contribution in [0.15, 0.2) is 60.0 Å². The van der Waals surface area contributed by atoms with E-state index in [1.807, 2.05) is 48.5 Å². The fourth-order valence-corrected chi connectivity index (χ4v) is 3.80. The largest absolute Gasteiger partial charge is 0.493 e. The fourth-order valence-electron chi connectivity index (χ4n) is 3.80. The van der Waals surface area contributed by atoms with Crippen LogP contribution in [-0.4, -0.2) is 21.3 Å². The first-order chi connectivity index (χ1) is 14.1. The van der Waals surface area contributed by atoms with Crippen LogP contribution in [0.2, 0.25) is 0 Å². The van der Waals surface area contributed by atoms with Crippen molar-refractivity contribution < 1.29 is 18.9 Å². The number of ether oxygens (including phenoxy) is 4. The topological polar surface area (TPSA) is 86.7 Å². The Morgan fingerprint density at radius 2 is 1.66 bits per heavy atom. The van der Waals surface area contributed by atoms with E-state index in [4.69, 9.17) is 24.7 Å². The van der Waals surface area contributed by atoms with Gasteiger partial charge in [0.1, 0.15) is 17.4 Å². The molecule has 6 nitrogen and oxygen atoms in total. The van der Waals surface area contributed by atoms with Gasteiger partial charge in [0.05, 0.1) is 27.2 Å². The van der Waals surface area contributed by atoms with Crippen molar-refractivity contribution in [2.45, 2.75) is 5.92 Å². The summed E-state index contributed by atoms with van der Waals surface area (Å²) < 4.78 is 22.3. The van der Waals surface area contributed by atoms with Crippen LogP contribution >= 0.6 is 0 Å². The molecule has 29 heavy (non-hydrogen) atoms. The molecule has 0 fully saturated rings. The minimum absolute atomic E-state index is 0.0927. The molecule has 0 saturated carbocycles. The number of methoxy groups -OCH3 is 3. The zero-order chi connectivity index (χ0) is 20.5. The van der Waals surface area contributed by atoms with Gasteiger partial charge in [-0.05, 0) is 23.1 Å². The SMILES string of the molecule is COc1cc(C2C(C#N)=C(N)Oc3c2ccc2ccccc32)cc(OC)c1OC. The van der Waals surface area contributed by atoms with Gasteiger partial charge in [0.25, 0.3) is 0 Å². The molecule has 2 N–H and O–H groups in total. The highest BCUT2D eigenvalue weighted by molar-refractivity contribution is 5.91. The second kappa shape index (κ2) is 7.28. The number of benzene rings is 3. The highest BCUT2D eigenvalue weighted by Gasteiger charge is 2.33. The van der Waals surface area contributed by atoms with Gasteiger partial charge in [0.2, 0.25) is 11.6 Å². The lowest BCUT2D eigenvalue weighted by atomic mass is 9.82. The van der Waals surface area contributed by atoms with Crippen molar-refractivity contribution in [1.82, 2.24) is 0 Å². The lowest BCUT2D eigenvalue weighted by Crippen LogP contribution is -2.21. The Bertz CT molecular complexity index is 1150. The Kier molecular flexibility index (Phi) is 4.65. The van der Waals surface area contributed by atoms with Crippen molar-refractivity contribution in [3.05, 3.63) is 71.1 Å². The average molecular weight is 388 g/mol. The number of nitriles is 1. The number of nitrogens with zero attached hydrogens (tertiary/aromatic N) is 1. The third-order valence-corrected chi connectivity index (χ3v) is 5.13. The Morgan fingerprint density at radius 3 is 2.28 bits per heavy atom. The number of fused-ring (bicyclic) bond motifs is 3. The molecule has 1 atom stereocenters. The minimum atomic E-state index is -0.429.